The number of rotatable bonds is 9. The molecule has 3 heterocycles. The highest BCUT2D eigenvalue weighted by Gasteiger charge is 2.26. The zero-order valence-corrected chi connectivity index (χ0v) is 24.8. The van der Waals surface area contributed by atoms with Crippen molar-refractivity contribution in [1.82, 2.24) is 19.5 Å². The maximum Gasteiger partial charge on any atom is 0.349 e. The molecule has 7 rings (SSSR count). The molecule has 45 heavy (non-hydrogen) atoms. The summed E-state index contributed by atoms with van der Waals surface area (Å²) >= 11 is 0. The van der Waals surface area contributed by atoms with Gasteiger partial charge in [-0.15, -0.1) is 0 Å². The fourth-order valence-electron chi connectivity index (χ4n) is 6.24. The van der Waals surface area contributed by atoms with Crippen molar-refractivity contribution in [2.24, 2.45) is 5.92 Å². The van der Waals surface area contributed by atoms with Crippen molar-refractivity contribution < 1.29 is 9.90 Å². The van der Waals surface area contributed by atoms with Gasteiger partial charge in [-0.25, -0.2) is 9.78 Å². The van der Waals surface area contributed by atoms with Crippen LogP contribution >= 0.6 is 0 Å². The topological polar surface area (TPSA) is 116 Å². The van der Waals surface area contributed by atoms with Crippen LogP contribution < -0.4 is 15.9 Å². The van der Waals surface area contributed by atoms with E-state index in [1.54, 1.807) is 6.20 Å². The number of anilines is 2. The third-order valence-electron chi connectivity index (χ3n) is 8.64. The molecule has 1 unspecified atom stereocenters. The Hall–Kier alpha value is -5.44. The van der Waals surface area contributed by atoms with Crippen LogP contribution in [0.1, 0.15) is 18.4 Å². The highest BCUT2D eigenvalue weighted by atomic mass is 16.4. The third-order valence-corrected chi connectivity index (χ3v) is 8.64. The Balaban J connectivity index is 1.12. The molecule has 1 saturated heterocycles. The number of imidazole rings is 1. The maximum absolute atomic E-state index is 13.4. The number of aromatic amines is 1. The molecular formula is C36H34N6O3. The van der Waals surface area contributed by atoms with Crippen molar-refractivity contribution in [3.8, 4) is 11.1 Å². The van der Waals surface area contributed by atoms with E-state index >= 15 is 0 Å². The average molecular weight is 599 g/mol. The summed E-state index contributed by atoms with van der Waals surface area (Å²) in [6, 6.07) is 32.0. The van der Waals surface area contributed by atoms with Gasteiger partial charge in [0.25, 0.3) is 0 Å². The van der Waals surface area contributed by atoms with Gasteiger partial charge in [-0.3, -0.25) is 9.36 Å². The molecule has 0 saturated carbocycles. The fraction of sp³-hybridized carbons (Fsp3) is 0.222. The molecule has 0 radical (unpaired) electrons. The third kappa shape index (κ3) is 6.15. The minimum atomic E-state index is -0.945. The van der Waals surface area contributed by atoms with Gasteiger partial charge in [0.15, 0.2) is 0 Å². The number of piperidine rings is 1. The number of carboxylic acids is 1. The van der Waals surface area contributed by atoms with Crippen LogP contribution in [0.2, 0.25) is 0 Å². The SMILES string of the molecule is O=C(O)C(Cc1ccc2ccccc2c1)Cn1cc(-c2ccccc2)c(N2CCC(Nc3nc4ccccc4[nH]3)CC2)nc1=O. The predicted octanol–water partition coefficient (Wildman–Crippen LogP) is 5.96. The Kier molecular flexibility index (Phi) is 7.73. The lowest BCUT2D eigenvalue weighted by atomic mass is 9.97. The molecule has 4 aromatic carbocycles. The van der Waals surface area contributed by atoms with E-state index in [2.05, 4.69) is 25.2 Å². The molecular weight excluding hydrogens is 564 g/mol. The lowest BCUT2D eigenvalue weighted by Gasteiger charge is -2.34. The molecule has 0 spiro atoms. The van der Waals surface area contributed by atoms with Crippen LogP contribution in [0.15, 0.2) is 108 Å². The molecule has 0 amide bonds. The number of carboxylic acid groups (broad SMARTS) is 1. The number of H-pyrrole nitrogens is 1. The second kappa shape index (κ2) is 12.3. The second-order valence-corrected chi connectivity index (χ2v) is 11.7. The van der Waals surface area contributed by atoms with E-state index in [9.17, 15) is 14.7 Å². The minimum absolute atomic E-state index is 0.0254. The number of aliphatic carboxylic acids is 1. The number of para-hydroxylation sites is 2. The smallest absolute Gasteiger partial charge is 0.349 e. The van der Waals surface area contributed by atoms with Crippen molar-refractivity contribution in [2.75, 3.05) is 23.3 Å². The monoisotopic (exact) mass is 598 g/mol. The average Bonchev–Trinajstić information content (AvgIpc) is 3.48. The summed E-state index contributed by atoms with van der Waals surface area (Å²) in [6.07, 6.45) is 3.79. The van der Waals surface area contributed by atoms with Crippen LogP contribution in [0.25, 0.3) is 32.9 Å². The van der Waals surface area contributed by atoms with Gasteiger partial charge in [0, 0.05) is 37.4 Å². The highest BCUT2D eigenvalue weighted by molar-refractivity contribution is 5.83. The standard InChI is InChI=1S/C36H34N6O3/c43-34(44)28(21-24-14-15-25-8-4-5-11-27(25)20-24)22-42-23-30(26-9-2-1-3-10-26)33(40-36(42)45)41-18-16-29(17-19-41)37-35-38-31-12-6-7-13-32(31)39-35/h1-15,20,23,28-29H,16-19,21-22H2,(H,43,44)(H2,37,38,39). The Bertz CT molecular complexity index is 2000. The summed E-state index contributed by atoms with van der Waals surface area (Å²) < 4.78 is 1.46. The van der Waals surface area contributed by atoms with Gasteiger partial charge in [-0.05, 0) is 53.3 Å². The van der Waals surface area contributed by atoms with Crippen molar-refractivity contribution in [1.29, 1.82) is 0 Å². The number of benzene rings is 4. The van der Waals surface area contributed by atoms with Gasteiger partial charge < -0.3 is 20.3 Å². The first-order valence-corrected chi connectivity index (χ1v) is 15.3. The first-order valence-electron chi connectivity index (χ1n) is 15.3. The predicted molar refractivity (Wildman–Crippen MR) is 178 cm³/mol. The molecule has 0 bridgehead atoms. The number of aromatic nitrogens is 4. The van der Waals surface area contributed by atoms with Crippen LogP contribution in [0.3, 0.4) is 0 Å². The van der Waals surface area contributed by atoms with Crippen LogP contribution in [-0.4, -0.2) is 49.7 Å². The van der Waals surface area contributed by atoms with Crippen LogP contribution in [0.5, 0.6) is 0 Å². The van der Waals surface area contributed by atoms with Crippen molar-refractivity contribution >= 4 is 39.5 Å². The molecule has 1 fully saturated rings. The van der Waals surface area contributed by atoms with Crippen molar-refractivity contribution in [2.45, 2.75) is 31.8 Å². The number of nitrogens with one attached hydrogen (secondary N) is 2. The van der Waals surface area contributed by atoms with Crippen LogP contribution in [0.4, 0.5) is 11.8 Å². The lowest BCUT2D eigenvalue weighted by Crippen LogP contribution is -2.41. The van der Waals surface area contributed by atoms with Gasteiger partial charge >= 0.3 is 11.7 Å². The van der Waals surface area contributed by atoms with Crippen LogP contribution in [0, 0.1) is 5.92 Å². The van der Waals surface area contributed by atoms with E-state index in [-0.39, 0.29) is 12.6 Å². The molecule has 6 aromatic rings. The summed E-state index contributed by atoms with van der Waals surface area (Å²) in [5.41, 5.74) is 4.14. The second-order valence-electron chi connectivity index (χ2n) is 11.7. The molecule has 1 aliphatic heterocycles. The van der Waals surface area contributed by atoms with Crippen molar-refractivity contribution in [3.05, 3.63) is 119 Å². The molecule has 226 valence electrons. The Morgan fingerprint density at radius 3 is 2.42 bits per heavy atom. The fourth-order valence-corrected chi connectivity index (χ4v) is 6.24. The van der Waals surface area contributed by atoms with E-state index in [1.165, 1.54) is 4.57 Å². The number of nitrogens with zero attached hydrogens (tertiary/aromatic N) is 4. The molecule has 1 atom stereocenters. The molecule has 2 aromatic heterocycles. The van der Waals surface area contributed by atoms with Gasteiger partial charge in [0.2, 0.25) is 5.95 Å². The summed E-state index contributed by atoms with van der Waals surface area (Å²) in [5.74, 6) is -0.345. The van der Waals surface area contributed by atoms with Gasteiger partial charge in [0.1, 0.15) is 5.82 Å². The summed E-state index contributed by atoms with van der Waals surface area (Å²) in [5, 5.41) is 15.9. The van der Waals surface area contributed by atoms with E-state index in [4.69, 9.17) is 0 Å². The number of hydrogen-bond donors (Lipinski definition) is 3. The minimum Gasteiger partial charge on any atom is -0.481 e. The largest absolute Gasteiger partial charge is 0.481 e. The van der Waals surface area contributed by atoms with Gasteiger partial charge in [-0.2, -0.15) is 4.98 Å². The molecule has 3 N–H and O–H groups in total. The van der Waals surface area contributed by atoms with Crippen molar-refractivity contribution in [3.63, 3.8) is 0 Å². The number of fused-ring (bicyclic) bond motifs is 2. The van der Waals surface area contributed by atoms with E-state index in [1.807, 2.05) is 97.1 Å². The molecule has 0 aliphatic carbocycles. The summed E-state index contributed by atoms with van der Waals surface area (Å²) in [4.78, 5) is 40.6. The van der Waals surface area contributed by atoms with E-state index in [0.29, 0.717) is 25.3 Å². The van der Waals surface area contributed by atoms with Gasteiger partial charge in [0.05, 0.1) is 17.0 Å². The van der Waals surface area contributed by atoms with E-state index in [0.717, 1.165) is 57.3 Å². The van der Waals surface area contributed by atoms with E-state index < -0.39 is 17.6 Å². The molecule has 1 aliphatic rings. The lowest BCUT2D eigenvalue weighted by molar-refractivity contribution is -0.142. The normalized spacial score (nSPS) is 14.5. The number of carbonyl (C=O) groups is 1. The Morgan fingerprint density at radius 2 is 1.64 bits per heavy atom. The zero-order valence-electron chi connectivity index (χ0n) is 24.8. The van der Waals surface area contributed by atoms with Gasteiger partial charge in [-0.1, -0.05) is 84.9 Å². The maximum atomic E-state index is 13.4. The first kappa shape index (κ1) is 28.3. The highest BCUT2D eigenvalue weighted by Crippen LogP contribution is 2.31. The first-order chi connectivity index (χ1) is 22.0. The Morgan fingerprint density at radius 1 is 0.911 bits per heavy atom. The van der Waals surface area contributed by atoms with Crippen LogP contribution in [-0.2, 0) is 17.8 Å². The summed E-state index contributed by atoms with van der Waals surface area (Å²) in [7, 11) is 0. The number of hydrogen-bond acceptors (Lipinski definition) is 6. The Labute approximate surface area is 260 Å². The zero-order chi connectivity index (χ0) is 30.8. The summed E-state index contributed by atoms with van der Waals surface area (Å²) in [6.45, 7) is 1.46. The molecule has 9 heteroatoms. The quantitative estimate of drug-likeness (QED) is 0.188. The molecule has 9 nitrogen and oxygen atoms in total.